The molecule has 15 heavy (non-hydrogen) atoms. The zero-order valence-corrected chi connectivity index (χ0v) is 10.4. The predicted molar refractivity (Wildman–Crippen MR) is 63.8 cm³/mol. The lowest BCUT2D eigenvalue weighted by molar-refractivity contribution is -0.125. The Balaban J connectivity index is 2.47. The molecule has 0 saturated heterocycles. The second kappa shape index (κ2) is 6.16. The van der Waals surface area contributed by atoms with Crippen LogP contribution in [0.3, 0.4) is 0 Å². The number of hydrogen-bond donors (Lipinski definition) is 1. The highest BCUT2D eigenvalue weighted by Crippen LogP contribution is 2.23. The van der Waals surface area contributed by atoms with Crippen molar-refractivity contribution in [1.82, 2.24) is 5.32 Å². The van der Waals surface area contributed by atoms with Gasteiger partial charge in [0, 0.05) is 17.5 Å². The average Bonchev–Trinajstić information content (AvgIpc) is 2.29. The minimum atomic E-state index is 0.177. The molecule has 2 nitrogen and oxygen atoms in total. The number of amides is 1. The lowest BCUT2D eigenvalue weighted by Gasteiger charge is -2.21. The molecule has 1 N–H and O–H groups in total. The molecule has 0 aromatic carbocycles. The highest BCUT2D eigenvalue weighted by atomic mass is 35.5. The Labute approximate surface area is 97.1 Å². The summed E-state index contributed by atoms with van der Waals surface area (Å²) in [5, 5.41) is 2.96. The van der Waals surface area contributed by atoms with Crippen LogP contribution in [0.4, 0.5) is 0 Å². The third-order valence-corrected chi connectivity index (χ3v) is 3.53. The summed E-state index contributed by atoms with van der Waals surface area (Å²) in [4.78, 5) is 11.8. The Kier molecular flexibility index (Phi) is 5.16. The van der Waals surface area contributed by atoms with Crippen LogP contribution in [0.25, 0.3) is 0 Å². The fourth-order valence-corrected chi connectivity index (χ4v) is 2.06. The van der Waals surface area contributed by atoms with Crippen molar-refractivity contribution in [1.29, 1.82) is 0 Å². The molecule has 1 fully saturated rings. The predicted octanol–water partition coefficient (Wildman–Crippen LogP) is 3.22. The Hall–Kier alpha value is -0.500. The molecule has 0 unspecified atom stereocenters. The Morgan fingerprint density at radius 3 is 2.40 bits per heavy atom. The van der Waals surface area contributed by atoms with Crippen LogP contribution in [-0.4, -0.2) is 11.8 Å². The van der Waals surface area contributed by atoms with Gasteiger partial charge in [-0.2, -0.15) is 0 Å². The van der Waals surface area contributed by atoms with Gasteiger partial charge in [-0.1, -0.05) is 19.3 Å². The first-order chi connectivity index (χ1) is 7.15. The number of halogens is 1. The van der Waals surface area contributed by atoms with Gasteiger partial charge in [0.1, 0.15) is 0 Å². The summed E-state index contributed by atoms with van der Waals surface area (Å²) in [5.74, 6) is 0.880. The summed E-state index contributed by atoms with van der Waals surface area (Å²) >= 11 is 5.71. The maximum absolute atomic E-state index is 11.8. The molecule has 0 aliphatic heterocycles. The molecule has 3 heteroatoms. The van der Waals surface area contributed by atoms with E-state index in [1.807, 2.05) is 13.8 Å². The minimum absolute atomic E-state index is 0.177. The largest absolute Gasteiger partial charge is 0.330 e. The van der Waals surface area contributed by atoms with Crippen LogP contribution >= 0.6 is 11.6 Å². The summed E-state index contributed by atoms with van der Waals surface area (Å²) in [5.41, 5.74) is 1.96. The third-order valence-electron chi connectivity index (χ3n) is 3.13. The number of nitrogens with one attached hydrogen (secondary N) is 1. The third kappa shape index (κ3) is 3.86. The zero-order chi connectivity index (χ0) is 11.3. The fraction of sp³-hybridized carbons (Fsp3) is 0.750. The van der Waals surface area contributed by atoms with E-state index in [4.69, 9.17) is 11.6 Å². The maximum atomic E-state index is 11.8. The minimum Gasteiger partial charge on any atom is -0.330 e. The molecule has 0 bridgehead atoms. The number of carbonyl (C=O) groups excluding carboxylic acids is 1. The van der Waals surface area contributed by atoms with E-state index in [1.54, 1.807) is 0 Å². The van der Waals surface area contributed by atoms with E-state index in [2.05, 4.69) is 5.32 Å². The second-order valence-electron chi connectivity index (χ2n) is 4.36. The van der Waals surface area contributed by atoms with E-state index >= 15 is 0 Å². The van der Waals surface area contributed by atoms with Gasteiger partial charge in [0.15, 0.2) is 0 Å². The summed E-state index contributed by atoms with van der Waals surface area (Å²) in [6, 6.07) is 0. The van der Waals surface area contributed by atoms with Gasteiger partial charge in [-0.05, 0) is 32.3 Å². The van der Waals surface area contributed by atoms with Gasteiger partial charge in [-0.25, -0.2) is 0 Å². The number of hydrogen-bond acceptors (Lipinski definition) is 1. The van der Waals surface area contributed by atoms with Crippen molar-refractivity contribution in [3.05, 3.63) is 11.3 Å². The SMILES string of the molecule is C/C(CCl)=C(/C)NC(=O)C1CCCCC1. The molecule has 0 spiro atoms. The quantitative estimate of drug-likeness (QED) is 0.740. The molecular weight excluding hydrogens is 210 g/mol. The van der Waals surface area contributed by atoms with Crippen molar-refractivity contribution in [3.63, 3.8) is 0 Å². The first-order valence-corrected chi connectivity index (χ1v) is 6.21. The van der Waals surface area contributed by atoms with Crippen LogP contribution in [0.5, 0.6) is 0 Å². The summed E-state index contributed by atoms with van der Waals surface area (Å²) in [6.45, 7) is 3.86. The topological polar surface area (TPSA) is 29.1 Å². The van der Waals surface area contributed by atoms with Gasteiger partial charge in [-0.3, -0.25) is 4.79 Å². The molecule has 1 saturated carbocycles. The molecule has 86 valence electrons. The van der Waals surface area contributed by atoms with E-state index in [1.165, 1.54) is 19.3 Å². The van der Waals surface area contributed by atoms with Crippen molar-refractivity contribution in [2.24, 2.45) is 5.92 Å². The smallest absolute Gasteiger partial charge is 0.227 e. The molecule has 1 rings (SSSR count). The second-order valence-corrected chi connectivity index (χ2v) is 4.63. The van der Waals surface area contributed by atoms with Crippen molar-refractivity contribution in [2.75, 3.05) is 5.88 Å². The van der Waals surface area contributed by atoms with Crippen molar-refractivity contribution < 1.29 is 4.79 Å². The Morgan fingerprint density at radius 1 is 1.27 bits per heavy atom. The molecule has 1 aliphatic rings. The molecule has 1 amide bonds. The van der Waals surface area contributed by atoms with E-state index in [0.29, 0.717) is 5.88 Å². The van der Waals surface area contributed by atoms with E-state index in [9.17, 15) is 4.79 Å². The average molecular weight is 230 g/mol. The standard InChI is InChI=1S/C12H20ClNO/c1-9(8-13)10(2)14-12(15)11-6-4-3-5-7-11/h11H,3-8H2,1-2H3,(H,14,15)/b10-9+. The van der Waals surface area contributed by atoms with Crippen LogP contribution in [0.2, 0.25) is 0 Å². The molecule has 0 atom stereocenters. The normalized spacial score (nSPS) is 19.7. The van der Waals surface area contributed by atoms with Gasteiger partial charge < -0.3 is 5.32 Å². The molecule has 0 heterocycles. The van der Waals surface area contributed by atoms with Crippen LogP contribution in [0.1, 0.15) is 46.0 Å². The summed E-state index contributed by atoms with van der Waals surface area (Å²) in [7, 11) is 0. The molecular formula is C12H20ClNO. The summed E-state index contributed by atoms with van der Waals surface area (Å²) < 4.78 is 0. The fourth-order valence-electron chi connectivity index (χ4n) is 1.86. The monoisotopic (exact) mass is 229 g/mol. The number of allylic oxidation sites excluding steroid dienone is 2. The molecule has 0 aromatic rings. The van der Waals surface area contributed by atoms with Crippen LogP contribution in [-0.2, 0) is 4.79 Å². The van der Waals surface area contributed by atoms with Crippen molar-refractivity contribution in [3.8, 4) is 0 Å². The number of rotatable bonds is 3. The number of alkyl halides is 1. The maximum Gasteiger partial charge on any atom is 0.227 e. The zero-order valence-electron chi connectivity index (χ0n) is 9.61. The highest BCUT2D eigenvalue weighted by molar-refractivity contribution is 6.19. The van der Waals surface area contributed by atoms with Crippen molar-refractivity contribution >= 4 is 17.5 Å². The highest BCUT2D eigenvalue weighted by Gasteiger charge is 2.21. The Bertz CT molecular complexity index is 254. The molecule has 0 radical (unpaired) electrons. The van der Waals surface area contributed by atoms with Gasteiger partial charge in [0.05, 0.1) is 0 Å². The van der Waals surface area contributed by atoms with E-state index < -0.39 is 0 Å². The van der Waals surface area contributed by atoms with E-state index in [0.717, 1.165) is 24.1 Å². The van der Waals surface area contributed by atoms with Gasteiger partial charge in [0.2, 0.25) is 5.91 Å². The van der Waals surface area contributed by atoms with E-state index in [-0.39, 0.29) is 11.8 Å². The van der Waals surface area contributed by atoms with Gasteiger partial charge in [-0.15, -0.1) is 11.6 Å². The Morgan fingerprint density at radius 2 is 1.87 bits per heavy atom. The molecule has 0 aromatic heterocycles. The first kappa shape index (κ1) is 12.6. The lowest BCUT2D eigenvalue weighted by atomic mass is 9.88. The molecule has 1 aliphatic carbocycles. The van der Waals surface area contributed by atoms with Crippen molar-refractivity contribution in [2.45, 2.75) is 46.0 Å². The van der Waals surface area contributed by atoms with Crippen LogP contribution in [0, 0.1) is 5.92 Å². The lowest BCUT2D eigenvalue weighted by Crippen LogP contribution is -2.31. The van der Waals surface area contributed by atoms with Crippen LogP contribution < -0.4 is 5.32 Å². The first-order valence-electron chi connectivity index (χ1n) is 5.68. The van der Waals surface area contributed by atoms with Gasteiger partial charge >= 0.3 is 0 Å². The van der Waals surface area contributed by atoms with Crippen LogP contribution in [0.15, 0.2) is 11.3 Å². The summed E-state index contributed by atoms with van der Waals surface area (Å²) in [6.07, 6.45) is 5.74. The van der Waals surface area contributed by atoms with Gasteiger partial charge in [0.25, 0.3) is 0 Å². The number of carbonyl (C=O) groups is 1.